The van der Waals surface area contributed by atoms with E-state index in [0.29, 0.717) is 18.7 Å². The Bertz CT molecular complexity index is 479. The summed E-state index contributed by atoms with van der Waals surface area (Å²) >= 11 is 0. The van der Waals surface area contributed by atoms with Gasteiger partial charge in [0.15, 0.2) is 6.61 Å². The molecule has 0 spiro atoms. The van der Waals surface area contributed by atoms with E-state index in [1.165, 1.54) is 6.07 Å². The number of rotatable bonds is 5. The number of alkyl halides is 3. The predicted octanol–water partition coefficient (Wildman–Crippen LogP) is 1.89. The van der Waals surface area contributed by atoms with Crippen LogP contribution in [0.25, 0.3) is 0 Å². The largest absolute Gasteiger partial charge is 0.484 e. The first kappa shape index (κ1) is 17.6. The molecule has 1 aliphatic heterocycles. The summed E-state index contributed by atoms with van der Waals surface area (Å²) < 4.78 is 41.2. The fourth-order valence-corrected chi connectivity index (χ4v) is 1.75. The molecular formula is C13H16ClF3N2O2. The van der Waals surface area contributed by atoms with Gasteiger partial charge in [-0.2, -0.15) is 13.2 Å². The van der Waals surface area contributed by atoms with Gasteiger partial charge in [0, 0.05) is 25.2 Å². The van der Waals surface area contributed by atoms with Crippen LogP contribution in [0.4, 0.5) is 13.2 Å². The number of ether oxygens (including phenoxy) is 1. The van der Waals surface area contributed by atoms with Gasteiger partial charge in [0.25, 0.3) is 0 Å². The molecule has 0 aliphatic carbocycles. The van der Waals surface area contributed by atoms with Crippen LogP contribution in [0.15, 0.2) is 24.3 Å². The summed E-state index contributed by atoms with van der Waals surface area (Å²) in [4.78, 5) is 11.7. The zero-order valence-corrected chi connectivity index (χ0v) is 11.9. The molecular weight excluding hydrogens is 309 g/mol. The summed E-state index contributed by atoms with van der Waals surface area (Å²) in [5.74, 6) is -0.0236. The van der Waals surface area contributed by atoms with E-state index < -0.39 is 12.8 Å². The maximum absolute atomic E-state index is 12.1. The molecule has 0 bridgehead atoms. The zero-order chi connectivity index (χ0) is 14.6. The van der Waals surface area contributed by atoms with Crippen molar-refractivity contribution in [1.82, 2.24) is 10.6 Å². The highest BCUT2D eigenvalue weighted by Gasteiger charge is 2.29. The molecule has 1 saturated heterocycles. The zero-order valence-electron chi connectivity index (χ0n) is 11.1. The maximum Gasteiger partial charge on any atom is 0.422 e. The number of carbonyl (C=O) groups excluding carboxylic acids is 1. The Hall–Kier alpha value is -1.47. The van der Waals surface area contributed by atoms with Crippen LogP contribution in [-0.2, 0) is 11.3 Å². The number of hydrogen-bond acceptors (Lipinski definition) is 3. The molecule has 0 atom stereocenters. The van der Waals surface area contributed by atoms with Crippen LogP contribution in [-0.4, -0.2) is 31.8 Å². The number of carbonyl (C=O) groups is 1. The number of benzene rings is 1. The van der Waals surface area contributed by atoms with E-state index in [-0.39, 0.29) is 36.5 Å². The van der Waals surface area contributed by atoms with Crippen LogP contribution < -0.4 is 15.4 Å². The summed E-state index contributed by atoms with van der Waals surface area (Å²) in [5, 5.41) is 5.68. The maximum atomic E-state index is 12.1. The highest BCUT2D eigenvalue weighted by molar-refractivity contribution is 5.85. The Kier molecular flexibility index (Phi) is 6.29. The molecule has 1 aromatic carbocycles. The Morgan fingerprint density at radius 1 is 1.33 bits per heavy atom. The molecule has 1 aromatic rings. The minimum absolute atomic E-state index is 0. The van der Waals surface area contributed by atoms with E-state index in [1.54, 1.807) is 18.2 Å². The molecule has 0 aromatic heterocycles. The second-order valence-corrected chi connectivity index (χ2v) is 4.58. The minimum Gasteiger partial charge on any atom is -0.484 e. The number of para-hydroxylation sites is 1. The first-order valence-corrected chi connectivity index (χ1v) is 6.21. The Morgan fingerprint density at radius 2 is 2.00 bits per heavy atom. The van der Waals surface area contributed by atoms with Crippen LogP contribution in [0, 0.1) is 5.92 Å². The lowest BCUT2D eigenvalue weighted by atomic mass is 10.0. The first-order valence-electron chi connectivity index (χ1n) is 6.21. The third-order valence-corrected chi connectivity index (χ3v) is 2.97. The van der Waals surface area contributed by atoms with Crippen molar-refractivity contribution < 1.29 is 22.7 Å². The molecule has 118 valence electrons. The first-order chi connectivity index (χ1) is 9.46. The van der Waals surface area contributed by atoms with E-state index in [9.17, 15) is 18.0 Å². The normalized spacial score (nSPS) is 14.8. The second kappa shape index (κ2) is 7.51. The molecule has 2 rings (SSSR count). The molecule has 1 aliphatic rings. The van der Waals surface area contributed by atoms with E-state index in [0.717, 1.165) is 0 Å². The predicted molar refractivity (Wildman–Crippen MR) is 73.4 cm³/mol. The monoisotopic (exact) mass is 324 g/mol. The van der Waals surface area contributed by atoms with Gasteiger partial charge in [0.05, 0.1) is 5.92 Å². The van der Waals surface area contributed by atoms with Gasteiger partial charge in [0.1, 0.15) is 5.75 Å². The van der Waals surface area contributed by atoms with Gasteiger partial charge in [-0.1, -0.05) is 18.2 Å². The lowest BCUT2D eigenvalue weighted by Crippen LogP contribution is -2.50. The fraction of sp³-hybridized carbons (Fsp3) is 0.462. The molecule has 21 heavy (non-hydrogen) atoms. The number of halogens is 4. The molecule has 1 heterocycles. The summed E-state index contributed by atoms with van der Waals surface area (Å²) in [6.45, 7) is 0.0873. The van der Waals surface area contributed by atoms with E-state index >= 15 is 0 Å². The SMILES string of the molecule is Cl.O=C(NCc1ccccc1OCC(F)(F)F)C1CNC1. The van der Waals surface area contributed by atoms with Gasteiger partial charge in [-0.05, 0) is 6.07 Å². The second-order valence-electron chi connectivity index (χ2n) is 4.58. The molecule has 0 saturated carbocycles. The van der Waals surface area contributed by atoms with Gasteiger partial charge in [0.2, 0.25) is 5.91 Å². The van der Waals surface area contributed by atoms with Crippen LogP contribution in [0.5, 0.6) is 5.75 Å². The average molecular weight is 325 g/mol. The molecule has 1 amide bonds. The third-order valence-electron chi connectivity index (χ3n) is 2.97. The van der Waals surface area contributed by atoms with Gasteiger partial charge < -0.3 is 15.4 Å². The molecule has 4 nitrogen and oxygen atoms in total. The van der Waals surface area contributed by atoms with Crippen molar-refractivity contribution in [3.05, 3.63) is 29.8 Å². The topological polar surface area (TPSA) is 50.4 Å². The van der Waals surface area contributed by atoms with Crippen LogP contribution in [0.2, 0.25) is 0 Å². The van der Waals surface area contributed by atoms with Crippen molar-refractivity contribution in [2.24, 2.45) is 5.92 Å². The highest BCUT2D eigenvalue weighted by atomic mass is 35.5. The lowest BCUT2D eigenvalue weighted by molar-refractivity contribution is -0.153. The smallest absolute Gasteiger partial charge is 0.422 e. The quantitative estimate of drug-likeness (QED) is 0.869. The number of amides is 1. The molecule has 0 radical (unpaired) electrons. The average Bonchev–Trinajstić information content (AvgIpc) is 2.31. The van der Waals surface area contributed by atoms with E-state index in [1.807, 2.05) is 0 Å². The van der Waals surface area contributed by atoms with Gasteiger partial charge in [-0.3, -0.25) is 4.79 Å². The Balaban J connectivity index is 0.00000220. The van der Waals surface area contributed by atoms with Crippen LogP contribution in [0.1, 0.15) is 5.56 Å². The molecule has 0 unspecified atom stereocenters. The fourth-order valence-electron chi connectivity index (χ4n) is 1.75. The van der Waals surface area contributed by atoms with E-state index in [2.05, 4.69) is 10.6 Å². The van der Waals surface area contributed by atoms with Crippen molar-refractivity contribution in [3.63, 3.8) is 0 Å². The number of hydrogen-bond donors (Lipinski definition) is 2. The van der Waals surface area contributed by atoms with Gasteiger partial charge >= 0.3 is 6.18 Å². The summed E-state index contributed by atoms with van der Waals surface area (Å²) in [6, 6.07) is 6.36. The molecule has 8 heteroatoms. The lowest BCUT2D eigenvalue weighted by Gasteiger charge is -2.26. The summed E-state index contributed by atoms with van der Waals surface area (Å²) in [5.41, 5.74) is 0.525. The van der Waals surface area contributed by atoms with Crippen molar-refractivity contribution >= 4 is 18.3 Å². The van der Waals surface area contributed by atoms with Crippen molar-refractivity contribution in [1.29, 1.82) is 0 Å². The van der Waals surface area contributed by atoms with Crippen molar-refractivity contribution in [2.45, 2.75) is 12.7 Å². The number of nitrogens with one attached hydrogen (secondary N) is 2. The summed E-state index contributed by atoms with van der Waals surface area (Å²) in [7, 11) is 0. The minimum atomic E-state index is -4.38. The van der Waals surface area contributed by atoms with Crippen LogP contribution in [0.3, 0.4) is 0 Å². The van der Waals surface area contributed by atoms with Crippen molar-refractivity contribution in [2.75, 3.05) is 19.7 Å². The van der Waals surface area contributed by atoms with E-state index in [4.69, 9.17) is 4.74 Å². The Morgan fingerprint density at radius 3 is 2.57 bits per heavy atom. The van der Waals surface area contributed by atoms with Crippen molar-refractivity contribution in [3.8, 4) is 5.75 Å². The standard InChI is InChI=1S/C13H15F3N2O2.ClH/c14-13(15,16)8-20-11-4-2-1-3-9(11)7-18-12(19)10-5-17-6-10;/h1-4,10,17H,5-8H2,(H,18,19);1H. The van der Waals surface area contributed by atoms with Gasteiger partial charge in [-0.25, -0.2) is 0 Å². The van der Waals surface area contributed by atoms with Crippen LogP contribution >= 0.6 is 12.4 Å². The Labute approximate surface area is 126 Å². The molecule has 1 fully saturated rings. The molecule has 2 N–H and O–H groups in total. The third kappa shape index (κ3) is 5.43. The highest BCUT2D eigenvalue weighted by Crippen LogP contribution is 2.22. The van der Waals surface area contributed by atoms with Gasteiger partial charge in [-0.15, -0.1) is 12.4 Å². The summed E-state index contributed by atoms with van der Waals surface area (Å²) in [6.07, 6.45) is -4.38.